The molecule has 0 fully saturated rings. The van der Waals surface area contributed by atoms with Crippen molar-refractivity contribution < 1.29 is 14.4 Å². The highest BCUT2D eigenvalue weighted by molar-refractivity contribution is 9.09. The maximum absolute atomic E-state index is 12.1. The summed E-state index contributed by atoms with van der Waals surface area (Å²) in [5.74, 6) is -0.613. The van der Waals surface area contributed by atoms with Gasteiger partial charge in [0.05, 0.1) is 16.8 Å². The van der Waals surface area contributed by atoms with E-state index in [2.05, 4.69) is 25.9 Å². The molecule has 0 heterocycles. The van der Waals surface area contributed by atoms with Gasteiger partial charge in [-0.1, -0.05) is 51.2 Å². The minimum atomic E-state index is -0.506. The number of alkyl halides is 1. The maximum Gasteiger partial charge on any atom is 0.339 e. The third kappa shape index (κ3) is 4.96. The number of halogens is 3. The molecule has 2 atom stereocenters. The van der Waals surface area contributed by atoms with Gasteiger partial charge in [-0.3, -0.25) is 0 Å². The average molecular weight is 383 g/mol. The lowest BCUT2D eigenvalue weighted by atomic mass is 10.1. The molecule has 110 valence electrons. The first-order valence-corrected chi connectivity index (χ1v) is 7.66. The highest BCUT2D eigenvalue weighted by Gasteiger charge is 2.22. The summed E-state index contributed by atoms with van der Waals surface area (Å²) in [7, 11) is 1.45. The number of oxime groups is 1. The number of carbonyl (C=O) groups excluding carboxylic acids is 1. The molecule has 7 heteroatoms. The van der Waals surface area contributed by atoms with Crippen LogP contribution in [0.15, 0.2) is 23.4 Å². The fraction of sp³-hybridized carbons (Fsp3) is 0.385. The predicted octanol–water partition coefficient (Wildman–Crippen LogP) is 4.18. The molecule has 0 N–H and O–H groups in total. The van der Waals surface area contributed by atoms with Crippen molar-refractivity contribution in [2.75, 3.05) is 12.4 Å². The van der Waals surface area contributed by atoms with Gasteiger partial charge in [0.1, 0.15) is 13.2 Å². The van der Waals surface area contributed by atoms with Crippen molar-refractivity contribution in [1.82, 2.24) is 0 Å². The highest BCUT2D eigenvalue weighted by atomic mass is 79.9. The number of ether oxygens (including phenoxy) is 1. The van der Waals surface area contributed by atoms with Gasteiger partial charge in [0, 0.05) is 16.3 Å². The Bertz CT molecular complexity index is 497. The zero-order valence-corrected chi connectivity index (χ0v) is 14.1. The highest BCUT2D eigenvalue weighted by Crippen LogP contribution is 2.23. The van der Waals surface area contributed by atoms with Gasteiger partial charge in [-0.05, 0) is 18.2 Å². The molecule has 1 aromatic carbocycles. The van der Waals surface area contributed by atoms with Crippen LogP contribution in [0.25, 0.3) is 0 Å². The monoisotopic (exact) mass is 381 g/mol. The van der Waals surface area contributed by atoms with Crippen LogP contribution < -0.4 is 0 Å². The Morgan fingerprint density at radius 2 is 2.20 bits per heavy atom. The summed E-state index contributed by atoms with van der Waals surface area (Å²) in [6.45, 7) is 1.87. The third-order valence-corrected chi connectivity index (χ3v) is 3.74. The van der Waals surface area contributed by atoms with Gasteiger partial charge in [0.25, 0.3) is 0 Å². The summed E-state index contributed by atoms with van der Waals surface area (Å²) >= 11 is 15.1. The van der Waals surface area contributed by atoms with Crippen molar-refractivity contribution in [3.8, 4) is 0 Å². The van der Waals surface area contributed by atoms with Gasteiger partial charge in [0.2, 0.25) is 0 Å². The van der Waals surface area contributed by atoms with Gasteiger partial charge in [-0.25, -0.2) is 4.79 Å². The van der Waals surface area contributed by atoms with E-state index in [0.717, 1.165) is 0 Å². The van der Waals surface area contributed by atoms with E-state index in [1.165, 1.54) is 19.2 Å². The molecule has 0 amide bonds. The molecule has 0 saturated heterocycles. The van der Waals surface area contributed by atoms with Crippen LogP contribution in [-0.2, 0) is 9.57 Å². The Morgan fingerprint density at radius 1 is 1.50 bits per heavy atom. The molecule has 0 bridgehead atoms. The molecular formula is C13H14BrCl2NO3. The Hall–Kier alpha value is -0.780. The van der Waals surface area contributed by atoms with Crippen LogP contribution in [0, 0.1) is 5.92 Å². The molecule has 20 heavy (non-hydrogen) atoms. The zero-order chi connectivity index (χ0) is 15.1. The summed E-state index contributed by atoms with van der Waals surface area (Å²) < 4.78 is 5.41. The van der Waals surface area contributed by atoms with Crippen molar-refractivity contribution in [1.29, 1.82) is 0 Å². The van der Waals surface area contributed by atoms with Crippen LogP contribution in [0.3, 0.4) is 0 Å². The maximum atomic E-state index is 12.1. The summed E-state index contributed by atoms with van der Waals surface area (Å²) in [6, 6.07) is 4.62. The Labute approximate surface area is 136 Å². The van der Waals surface area contributed by atoms with E-state index < -0.39 is 5.97 Å². The molecule has 0 saturated carbocycles. The Kier molecular flexibility index (Phi) is 7.34. The van der Waals surface area contributed by atoms with E-state index in [4.69, 9.17) is 27.9 Å². The molecule has 0 aliphatic rings. The smallest absolute Gasteiger partial charge is 0.339 e. The molecular weight excluding hydrogens is 369 g/mol. The van der Waals surface area contributed by atoms with Crippen LogP contribution in [0.5, 0.6) is 0 Å². The molecule has 1 aromatic rings. The molecule has 1 rings (SSSR count). The van der Waals surface area contributed by atoms with E-state index in [9.17, 15) is 4.79 Å². The van der Waals surface area contributed by atoms with E-state index >= 15 is 0 Å². The second kappa shape index (κ2) is 8.49. The van der Waals surface area contributed by atoms with Crippen molar-refractivity contribution in [3.63, 3.8) is 0 Å². The topological polar surface area (TPSA) is 47.9 Å². The number of carbonyl (C=O) groups is 1. The van der Waals surface area contributed by atoms with Crippen molar-refractivity contribution in [2.45, 2.75) is 13.0 Å². The van der Waals surface area contributed by atoms with Crippen LogP contribution in [0.2, 0.25) is 10.0 Å². The first-order valence-electron chi connectivity index (χ1n) is 5.78. The average Bonchev–Trinajstić information content (AvgIpc) is 2.41. The van der Waals surface area contributed by atoms with Crippen LogP contribution in [-0.4, -0.2) is 30.7 Å². The number of hydrogen-bond donors (Lipinski definition) is 0. The normalized spacial score (nSPS) is 14.1. The van der Waals surface area contributed by atoms with Gasteiger partial charge >= 0.3 is 5.97 Å². The van der Waals surface area contributed by atoms with Crippen LogP contribution >= 0.6 is 39.1 Å². The Balaban J connectivity index is 2.79. The van der Waals surface area contributed by atoms with E-state index in [1.54, 1.807) is 12.3 Å². The summed E-state index contributed by atoms with van der Waals surface area (Å²) in [6.07, 6.45) is 1.19. The second-order valence-electron chi connectivity index (χ2n) is 4.02. The molecule has 0 aliphatic heterocycles. The third-order valence-electron chi connectivity index (χ3n) is 2.55. The predicted molar refractivity (Wildman–Crippen MR) is 84.1 cm³/mol. The molecule has 0 spiro atoms. The number of hydrogen-bond acceptors (Lipinski definition) is 4. The summed E-state index contributed by atoms with van der Waals surface area (Å²) in [4.78, 5) is 16.7. The lowest BCUT2D eigenvalue weighted by Crippen LogP contribution is -2.28. The molecule has 0 aromatic heterocycles. The van der Waals surface area contributed by atoms with Gasteiger partial charge in [-0.2, -0.15) is 0 Å². The standard InChI is InChI=1S/C13H14BrCl2NO3/c1-8(7-17-19-2)12(6-14)20-13(18)10-4-3-9(15)5-11(10)16/h3-5,7-8,12H,6H2,1-2H3/b17-7-/t8?,12-/m1/s1. The van der Waals surface area contributed by atoms with Crippen LogP contribution in [0.4, 0.5) is 0 Å². The SMILES string of the molecule is CO/N=C\C(C)[C@@H](CBr)OC(=O)c1ccc(Cl)cc1Cl. The fourth-order valence-electron chi connectivity index (χ4n) is 1.39. The molecule has 1 unspecified atom stereocenters. The van der Waals surface area contributed by atoms with Crippen molar-refractivity contribution in [2.24, 2.45) is 11.1 Å². The van der Waals surface area contributed by atoms with Crippen molar-refractivity contribution >= 4 is 51.3 Å². The zero-order valence-electron chi connectivity index (χ0n) is 11.0. The second-order valence-corrected chi connectivity index (χ2v) is 5.51. The quantitative estimate of drug-likeness (QED) is 0.321. The Morgan fingerprint density at radius 3 is 2.75 bits per heavy atom. The summed E-state index contributed by atoms with van der Waals surface area (Å²) in [5, 5.41) is 4.86. The number of rotatable bonds is 6. The lowest BCUT2D eigenvalue weighted by Gasteiger charge is -2.19. The van der Waals surface area contributed by atoms with Gasteiger partial charge < -0.3 is 9.57 Å². The minimum absolute atomic E-state index is 0.107. The van der Waals surface area contributed by atoms with E-state index in [-0.39, 0.29) is 22.6 Å². The number of nitrogens with zero attached hydrogens (tertiary/aromatic N) is 1. The largest absolute Gasteiger partial charge is 0.457 e. The molecule has 0 radical (unpaired) electrons. The lowest BCUT2D eigenvalue weighted by molar-refractivity contribution is 0.0298. The van der Waals surface area contributed by atoms with Crippen molar-refractivity contribution in [3.05, 3.63) is 33.8 Å². The summed E-state index contributed by atoms with van der Waals surface area (Å²) in [5.41, 5.74) is 0.276. The molecule has 4 nitrogen and oxygen atoms in total. The first-order chi connectivity index (χ1) is 9.49. The molecule has 0 aliphatic carbocycles. The minimum Gasteiger partial charge on any atom is -0.457 e. The number of benzene rings is 1. The fourth-order valence-corrected chi connectivity index (χ4v) is 2.60. The van der Waals surface area contributed by atoms with Gasteiger partial charge in [-0.15, -0.1) is 0 Å². The number of esters is 1. The van der Waals surface area contributed by atoms with Crippen LogP contribution in [0.1, 0.15) is 17.3 Å². The van der Waals surface area contributed by atoms with Gasteiger partial charge in [0.15, 0.2) is 0 Å². The first kappa shape index (κ1) is 17.3. The van der Waals surface area contributed by atoms with E-state index in [0.29, 0.717) is 10.4 Å². The van der Waals surface area contributed by atoms with E-state index in [1.807, 2.05) is 6.92 Å².